The van der Waals surface area contributed by atoms with Crippen LogP contribution in [0.5, 0.6) is 0 Å². The SMILES string of the molecule is CC(=O)c1cccc(C=CCCNC(=O)OC(C)(C)C)c1. The van der Waals surface area contributed by atoms with Gasteiger partial charge in [0.1, 0.15) is 5.60 Å². The molecule has 1 amide bonds. The molecule has 4 nitrogen and oxygen atoms in total. The average molecular weight is 289 g/mol. The Morgan fingerprint density at radius 1 is 1.29 bits per heavy atom. The van der Waals surface area contributed by atoms with E-state index in [-0.39, 0.29) is 5.78 Å². The van der Waals surface area contributed by atoms with Gasteiger partial charge >= 0.3 is 6.09 Å². The van der Waals surface area contributed by atoms with Gasteiger partial charge in [-0.25, -0.2) is 4.79 Å². The maximum Gasteiger partial charge on any atom is 0.407 e. The van der Waals surface area contributed by atoms with Gasteiger partial charge in [0, 0.05) is 12.1 Å². The fourth-order valence-electron chi connectivity index (χ4n) is 1.65. The Balaban J connectivity index is 2.37. The summed E-state index contributed by atoms with van der Waals surface area (Å²) < 4.78 is 5.13. The number of Topliss-reactive ketones (excluding diaryl/α,β-unsaturated/α-hetero) is 1. The lowest BCUT2D eigenvalue weighted by Crippen LogP contribution is -2.32. The predicted octanol–water partition coefficient (Wildman–Crippen LogP) is 3.82. The third-order valence-corrected chi connectivity index (χ3v) is 2.58. The highest BCUT2D eigenvalue weighted by atomic mass is 16.6. The number of carbonyl (C=O) groups is 2. The van der Waals surface area contributed by atoms with Gasteiger partial charge in [0.25, 0.3) is 0 Å². The number of alkyl carbamates (subject to hydrolysis) is 1. The van der Waals surface area contributed by atoms with Crippen LogP contribution in [-0.4, -0.2) is 24.0 Å². The van der Waals surface area contributed by atoms with E-state index in [0.717, 1.165) is 5.56 Å². The lowest BCUT2D eigenvalue weighted by molar-refractivity contribution is 0.0528. The summed E-state index contributed by atoms with van der Waals surface area (Å²) in [6.07, 6.45) is 4.18. The van der Waals surface area contributed by atoms with Gasteiger partial charge in [-0.05, 0) is 45.7 Å². The van der Waals surface area contributed by atoms with Gasteiger partial charge in [0.05, 0.1) is 0 Å². The molecule has 0 aliphatic rings. The standard InChI is InChI=1S/C17H23NO3/c1-13(19)15-10-7-9-14(12-15)8-5-6-11-18-16(20)21-17(2,3)4/h5,7-10,12H,6,11H2,1-4H3,(H,18,20). The molecule has 0 aliphatic carbocycles. The summed E-state index contributed by atoms with van der Waals surface area (Å²) in [5.41, 5.74) is 1.19. The van der Waals surface area contributed by atoms with Crippen LogP contribution in [0.3, 0.4) is 0 Å². The number of ketones is 1. The van der Waals surface area contributed by atoms with Crippen LogP contribution in [0.15, 0.2) is 30.3 Å². The first kappa shape index (κ1) is 17.0. The molecule has 0 fully saturated rings. The molecule has 0 aliphatic heterocycles. The van der Waals surface area contributed by atoms with Crippen LogP contribution in [-0.2, 0) is 4.74 Å². The normalized spacial score (nSPS) is 11.4. The van der Waals surface area contributed by atoms with Crippen molar-refractivity contribution in [2.75, 3.05) is 6.54 Å². The first-order valence-corrected chi connectivity index (χ1v) is 7.02. The molecule has 21 heavy (non-hydrogen) atoms. The van der Waals surface area contributed by atoms with Crippen LogP contribution in [0.25, 0.3) is 6.08 Å². The molecule has 0 radical (unpaired) electrons. The lowest BCUT2D eigenvalue weighted by Gasteiger charge is -2.19. The quantitative estimate of drug-likeness (QED) is 0.662. The van der Waals surface area contributed by atoms with E-state index < -0.39 is 11.7 Å². The van der Waals surface area contributed by atoms with Crippen molar-refractivity contribution in [3.8, 4) is 0 Å². The van der Waals surface area contributed by atoms with Crippen LogP contribution in [0.2, 0.25) is 0 Å². The summed E-state index contributed by atoms with van der Waals surface area (Å²) in [5, 5.41) is 2.69. The lowest BCUT2D eigenvalue weighted by atomic mass is 10.1. The van der Waals surface area contributed by atoms with E-state index in [9.17, 15) is 9.59 Å². The van der Waals surface area contributed by atoms with E-state index in [2.05, 4.69) is 5.32 Å². The predicted molar refractivity (Wildman–Crippen MR) is 84.3 cm³/mol. The molecule has 0 atom stereocenters. The van der Waals surface area contributed by atoms with Gasteiger partial charge in [-0.3, -0.25) is 4.79 Å². The zero-order chi connectivity index (χ0) is 15.9. The van der Waals surface area contributed by atoms with Crippen molar-refractivity contribution in [3.05, 3.63) is 41.5 Å². The fraction of sp³-hybridized carbons (Fsp3) is 0.412. The van der Waals surface area contributed by atoms with E-state index in [4.69, 9.17) is 4.74 Å². The number of hydrogen-bond donors (Lipinski definition) is 1. The number of nitrogens with one attached hydrogen (secondary N) is 1. The van der Waals surface area contributed by atoms with E-state index in [1.165, 1.54) is 0 Å². The summed E-state index contributed by atoms with van der Waals surface area (Å²) >= 11 is 0. The van der Waals surface area contributed by atoms with E-state index in [1.54, 1.807) is 13.0 Å². The third kappa shape index (κ3) is 7.30. The number of hydrogen-bond acceptors (Lipinski definition) is 3. The monoisotopic (exact) mass is 289 g/mol. The molecule has 114 valence electrons. The molecule has 4 heteroatoms. The second-order valence-electron chi connectivity index (χ2n) is 5.80. The van der Waals surface area contributed by atoms with Crippen molar-refractivity contribution in [2.45, 2.75) is 39.7 Å². The summed E-state index contributed by atoms with van der Waals surface area (Å²) in [4.78, 5) is 22.7. The zero-order valence-corrected chi connectivity index (χ0v) is 13.1. The molecule has 0 bridgehead atoms. The van der Waals surface area contributed by atoms with Gasteiger partial charge in [0.15, 0.2) is 5.78 Å². The largest absolute Gasteiger partial charge is 0.444 e. The second kappa shape index (κ2) is 7.62. The van der Waals surface area contributed by atoms with E-state index >= 15 is 0 Å². The van der Waals surface area contributed by atoms with Crippen LogP contribution < -0.4 is 5.32 Å². The molecule has 0 unspecified atom stereocenters. The topological polar surface area (TPSA) is 55.4 Å². The Morgan fingerprint density at radius 3 is 2.62 bits per heavy atom. The molecule has 1 N–H and O–H groups in total. The Hall–Kier alpha value is -2.10. The summed E-state index contributed by atoms with van der Waals surface area (Å²) in [5.74, 6) is 0.0526. The molecule has 1 rings (SSSR count). The second-order valence-corrected chi connectivity index (χ2v) is 5.80. The van der Waals surface area contributed by atoms with Crippen molar-refractivity contribution in [2.24, 2.45) is 0 Å². The molecule has 0 heterocycles. The molecule has 0 spiro atoms. The number of amides is 1. The minimum Gasteiger partial charge on any atom is -0.444 e. The first-order chi connectivity index (χ1) is 9.78. The van der Waals surface area contributed by atoms with Crippen molar-refractivity contribution in [1.29, 1.82) is 0 Å². The van der Waals surface area contributed by atoms with E-state index in [0.29, 0.717) is 18.5 Å². The van der Waals surface area contributed by atoms with Crippen molar-refractivity contribution in [3.63, 3.8) is 0 Å². The summed E-state index contributed by atoms with van der Waals surface area (Å²) in [7, 11) is 0. The molecule has 0 saturated heterocycles. The van der Waals surface area contributed by atoms with Gasteiger partial charge in [-0.2, -0.15) is 0 Å². The first-order valence-electron chi connectivity index (χ1n) is 7.02. The van der Waals surface area contributed by atoms with Gasteiger partial charge in [0.2, 0.25) is 0 Å². The van der Waals surface area contributed by atoms with Crippen LogP contribution >= 0.6 is 0 Å². The van der Waals surface area contributed by atoms with Crippen LogP contribution in [0, 0.1) is 0 Å². The van der Waals surface area contributed by atoms with Gasteiger partial charge in [-0.15, -0.1) is 0 Å². The summed E-state index contributed by atoms with van der Waals surface area (Å²) in [6.45, 7) is 7.54. The number of ether oxygens (including phenoxy) is 1. The third-order valence-electron chi connectivity index (χ3n) is 2.58. The van der Waals surface area contributed by atoms with Crippen molar-refractivity contribution < 1.29 is 14.3 Å². The fourth-order valence-corrected chi connectivity index (χ4v) is 1.65. The Labute approximate surface area is 126 Å². The highest BCUT2D eigenvalue weighted by molar-refractivity contribution is 5.94. The Kier molecular flexibility index (Phi) is 6.15. The zero-order valence-electron chi connectivity index (χ0n) is 13.1. The number of benzene rings is 1. The minimum atomic E-state index is -0.479. The number of rotatable bonds is 5. The number of carbonyl (C=O) groups excluding carboxylic acids is 2. The molecule has 0 aromatic heterocycles. The molecule has 1 aromatic carbocycles. The Bertz CT molecular complexity index is 527. The highest BCUT2D eigenvalue weighted by Crippen LogP contribution is 2.08. The van der Waals surface area contributed by atoms with E-state index in [1.807, 2.05) is 51.1 Å². The molecule has 1 aromatic rings. The maximum absolute atomic E-state index is 11.4. The van der Waals surface area contributed by atoms with Crippen LogP contribution in [0.4, 0.5) is 4.79 Å². The molecule has 0 saturated carbocycles. The minimum absolute atomic E-state index is 0.0526. The smallest absolute Gasteiger partial charge is 0.407 e. The van der Waals surface area contributed by atoms with Crippen LogP contribution in [0.1, 0.15) is 50.0 Å². The molecular weight excluding hydrogens is 266 g/mol. The Morgan fingerprint density at radius 2 is 2.00 bits per heavy atom. The molecular formula is C17H23NO3. The highest BCUT2D eigenvalue weighted by Gasteiger charge is 2.15. The van der Waals surface area contributed by atoms with Gasteiger partial charge in [-0.1, -0.05) is 30.4 Å². The summed E-state index contributed by atoms with van der Waals surface area (Å²) in [6, 6.07) is 7.43. The van der Waals surface area contributed by atoms with Crippen molar-refractivity contribution >= 4 is 18.0 Å². The average Bonchev–Trinajstić information content (AvgIpc) is 2.36. The maximum atomic E-state index is 11.4. The van der Waals surface area contributed by atoms with Gasteiger partial charge < -0.3 is 10.1 Å². The van der Waals surface area contributed by atoms with Crippen molar-refractivity contribution in [1.82, 2.24) is 5.32 Å².